The summed E-state index contributed by atoms with van der Waals surface area (Å²) in [5.41, 5.74) is 0. The van der Waals surface area contributed by atoms with E-state index < -0.39 is 0 Å². The second kappa shape index (κ2) is 4.02. The van der Waals surface area contributed by atoms with Gasteiger partial charge in [0.05, 0.1) is 0 Å². The van der Waals surface area contributed by atoms with Crippen molar-refractivity contribution < 1.29 is 0 Å². The summed E-state index contributed by atoms with van der Waals surface area (Å²) in [5.74, 6) is 1.13. The number of nitrogens with one attached hydrogen (secondary N) is 1. The van der Waals surface area contributed by atoms with Crippen molar-refractivity contribution in [3.05, 3.63) is 41.8 Å². The zero-order chi connectivity index (χ0) is 9.80. The van der Waals surface area contributed by atoms with Crippen LogP contribution in [-0.4, -0.2) is 15.0 Å². The molecule has 0 amide bonds. The van der Waals surface area contributed by atoms with E-state index in [0.29, 0.717) is 16.8 Å². The van der Waals surface area contributed by atoms with Crippen LogP contribution in [0.25, 0.3) is 0 Å². The first kappa shape index (κ1) is 8.90. The number of halogens is 1. The van der Waals surface area contributed by atoms with Gasteiger partial charge >= 0.3 is 0 Å². The minimum absolute atomic E-state index is 0.502. The van der Waals surface area contributed by atoms with Crippen LogP contribution in [0.1, 0.15) is 0 Å². The number of aromatic nitrogens is 3. The Hall–Kier alpha value is -1.68. The van der Waals surface area contributed by atoms with E-state index in [4.69, 9.17) is 11.6 Å². The van der Waals surface area contributed by atoms with Crippen LogP contribution >= 0.6 is 11.6 Å². The molecule has 2 heterocycles. The zero-order valence-corrected chi connectivity index (χ0v) is 7.94. The maximum atomic E-state index is 5.79. The molecule has 0 aliphatic heterocycles. The van der Waals surface area contributed by atoms with Crippen LogP contribution < -0.4 is 5.32 Å². The standard InChI is InChI=1S/C9H7ClN4/c10-7-2-5-11-8(6-7)14-9-12-3-1-4-13-9/h1-6H,(H,11,12,13,14). The average molecular weight is 207 g/mol. The fraction of sp³-hybridized carbons (Fsp3) is 0. The molecule has 5 heteroatoms. The Morgan fingerprint density at radius 3 is 2.57 bits per heavy atom. The Balaban J connectivity index is 2.19. The highest BCUT2D eigenvalue weighted by atomic mass is 35.5. The zero-order valence-electron chi connectivity index (χ0n) is 7.18. The van der Waals surface area contributed by atoms with Crippen molar-refractivity contribution in [2.75, 3.05) is 5.32 Å². The molecular weight excluding hydrogens is 200 g/mol. The topological polar surface area (TPSA) is 50.7 Å². The molecule has 4 nitrogen and oxygen atoms in total. The Bertz CT molecular complexity index is 418. The molecule has 0 saturated carbocycles. The molecule has 0 spiro atoms. The van der Waals surface area contributed by atoms with Gasteiger partial charge in [-0.05, 0) is 18.2 Å². The van der Waals surface area contributed by atoms with Crippen molar-refractivity contribution in [3.63, 3.8) is 0 Å². The maximum Gasteiger partial charge on any atom is 0.228 e. The molecule has 2 rings (SSSR count). The molecule has 70 valence electrons. The maximum absolute atomic E-state index is 5.79. The molecule has 0 aliphatic carbocycles. The molecule has 0 radical (unpaired) electrons. The second-order valence-corrected chi connectivity index (χ2v) is 2.99. The summed E-state index contributed by atoms with van der Waals surface area (Å²) in [5, 5.41) is 3.55. The molecule has 0 aromatic carbocycles. The predicted octanol–water partition coefficient (Wildman–Crippen LogP) is 2.27. The van der Waals surface area contributed by atoms with Crippen LogP contribution in [0.3, 0.4) is 0 Å². The summed E-state index contributed by atoms with van der Waals surface area (Å²) < 4.78 is 0. The van der Waals surface area contributed by atoms with Crippen LogP contribution in [0, 0.1) is 0 Å². The minimum atomic E-state index is 0.502. The third-order valence-electron chi connectivity index (χ3n) is 1.53. The first-order valence-electron chi connectivity index (χ1n) is 4.00. The van der Waals surface area contributed by atoms with Gasteiger partial charge in [-0.3, -0.25) is 0 Å². The van der Waals surface area contributed by atoms with Crippen LogP contribution in [0.15, 0.2) is 36.8 Å². The third kappa shape index (κ3) is 2.17. The van der Waals surface area contributed by atoms with Gasteiger partial charge < -0.3 is 5.32 Å². The number of anilines is 2. The Morgan fingerprint density at radius 2 is 1.86 bits per heavy atom. The van der Waals surface area contributed by atoms with Crippen molar-refractivity contribution in [1.82, 2.24) is 15.0 Å². The SMILES string of the molecule is Clc1ccnc(Nc2ncccn2)c1. The molecule has 0 aliphatic rings. The summed E-state index contributed by atoms with van der Waals surface area (Å²) in [6, 6.07) is 5.16. The van der Waals surface area contributed by atoms with E-state index >= 15 is 0 Å². The summed E-state index contributed by atoms with van der Waals surface area (Å²) in [4.78, 5) is 12.1. The highest BCUT2D eigenvalue weighted by Gasteiger charge is 1.97. The molecule has 0 bridgehead atoms. The van der Waals surface area contributed by atoms with Crippen LogP contribution in [0.4, 0.5) is 11.8 Å². The molecule has 0 saturated heterocycles. The van der Waals surface area contributed by atoms with E-state index in [1.165, 1.54) is 0 Å². The summed E-state index contributed by atoms with van der Waals surface area (Å²) in [7, 11) is 0. The first-order chi connectivity index (χ1) is 6.84. The molecular formula is C9H7ClN4. The number of hydrogen-bond donors (Lipinski definition) is 1. The van der Waals surface area contributed by atoms with Gasteiger partial charge in [-0.2, -0.15) is 0 Å². The highest BCUT2D eigenvalue weighted by molar-refractivity contribution is 6.30. The van der Waals surface area contributed by atoms with E-state index in [2.05, 4.69) is 20.3 Å². The van der Waals surface area contributed by atoms with Gasteiger partial charge in [0.25, 0.3) is 0 Å². The smallest absolute Gasteiger partial charge is 0.228 e. The molecule has 2 aromatic rings. The van der Waals surface area contributed by atoms with Crippen molar-refractivity contribution in [2.45, 2.75) is 0 Å². The van der Waals surface area contributed by atoms with Crippen molar-refractivity contribution in [1.29, 1.82) is 0 Å². The molecule has 2 aromatic heterocycles. The normalized spacial score (nSPS) is 9.79. The van der Waals surface area contributed by atoms with E-state index in [-0.39, 0.29) is 0 Å². The van der Waals surface area contributed by atoms with Gasteiger partial charge in [0.2, 0.25) is 5.95 Å². The van der Waals surface area contributed by atoms with E-state index in [1.807, 2.05) is 0 Å². The highest BCUT2D eigenvalue weighted by Crippen LogP contribution is 2.14. The van der Waals surface area contributed by atoms with Gasteiger partial charge in [0.1, 0.15) is 5.82 Å². The summed E-state index contributed by atoms with van der Waals surface area (Å²) in [6.07, 6.45) is 4.92. The van der Waals surface area contributed by atoms with Gasteiger partial charge in [0.15, 0.2) is 0 Å². The number of nitrogens with zero attached hydrogens (tertiary/aromatic N) is 3. The number of hydrogen-bond acceptors (Lipinski definition) is 4. The van der Waals surface area contributed by atoms with E-state index in [9.17, 15) is 0 Å². The molecule has 0 unspecified atom stereocenters. The lowest BCUT2D eigenvalue weighted by Gasteiger charge is -2.02. The van der Waals surface area contributed by atoms with Crippen molar-refractivity contribution in [2.24, 2.45) is 0 Å². The monoisotopic (exact) mass is 206 g/mol. The second-order valence-electron chi connectivity index (χ2n) is 2.56. The molecule has 1 N–H and O–H groups in total. The van der Waals surface area contributed by atoms with Gasteiger partial charge in [-0.1, -0.05) is 11.6 Å². The average Bonchev–Trinajstić information content (AvgIpc) is 2.19. The summed E-state index contributed by atoms with van der Waals surface area (Å²) in [6.45, 7) is 0. The van der Waals surface area contributed by atoms with Gasteiger partial charge in [-0.25, -0.2) is 15.0 Å². The predicted molar refractivity (Wildman–Crippen MR) is 54.6 cm³/mol. The fourth-order valence-electron chi connectivity index (χ4n) is 0.951. The number of pyridine rings is 1. The third-order valence-corrected chi connectivity index (χ3v) is 1.76. The lowest BCUT2D eigenvalue weighted by atomic mass is 10.4. The first-order valence-corrected chi connectivity index (χ1v) is 4.38. The lowest BCUT2D eigenvalue weighted by molar-refractivity contribution is 1.15. The van der Waals surface area contributed by atoms with Crippen molar-refractivity contribution >= 4 is 23.4 Å². The Labute approximate surface area is 86.0 Å². The Kier molecular flexibility index (Phi) is 2.55. The van der Waals surface area contributed by atoms with Gasteiger partial charge in [0, 0.05) is 23.6 Å². The van der Waals surface area contributed by atoms with Gasteiger partial charge in [-0.15, -0.1) is 0 Å². The van der Waals surface area contributed by atoms with Crippen LogP contribution in [0.2, 0.25) is 5.02 Å². The quantitative estimate of drug-likeness (QED) is 0.819. The minimum Gasteiger partial charge on any atom is -0.309 e. The summed E-state index contributed by atoms with van der Waals surface area (Å²) >= 11 is 5.79. The van der Waals surface area contributed by atoms with E-state index in [0.717, 1.165) is 0 Å². The van der Waals surface area contributed by atoms with Crippen LogP contribution in [-0.2, 0) is 0 Å². The Morgan fingerprint density at radius 1 is 1.07 bits per heavy atom. The van der Waals surface area contributed by atoms with E-state index in [1.54, 1.807) is 36.8 Å². The molecule has 0 atom stereocenters. The molecule has 14 heavy (non-hydrogen) atoms. The largest absolute Gasteiger partial charge is 0.309 e. The van der Waals surface area contributed by atoms with Crippen molar-refractivity contribution in [3.8, 4) is 0 Å². The van der Waals surface area contributed by atoms with Crippen LogP contribution in [0.5, 0.6) is 0 Å². The molecule has 0 fully saturated rings. The lowest BCUT2D eigenvalue weighted by Crippen LogP contribution is -1.97. The fourth-order valence-corrected chi connectivity index (χ4v) is 1.11. The number of rotatable bonds is 2.